The highest BCUT2D eigenvalue weighted by atomic mass is 16.3. The minimum absolute atomic E-state index is 0.0813. The number of aliphatic hydroxyl groups is 1. The predicted octanol–water partition coefficient (Wildman–Crippen LogP) is -0.421. The van der Waals surface area contributed by atoms with Gasteiger partial charge in [-0.3, -0.25) is 9.69 Å². The van der Waals surface area contributed by atoms with Crippen molar-refractivity contribution in [2.75, 3.05) is 26.2 Å². The first kappa shape index (κ1) is 10.5. The van der Waals surface area contributed by atoms with Gasteiger partial charge in [0.1, 0.15) is 0 Å². The third-order valence-corrected chi connectivity index (χ3v) is 2.17. The summed E-state index contributed by atoms with van der Waals surface area (Å²) in [4.78, 5) is 13.2. The first-order valence-electron chi connectivity index (χ1n) is 4.88. The predicted molar refractivity (Wildman–Crippen MR) is 50.4 cm³/mol. The normalized spacial score (nSPS) is 16.2. The SMILES string of the molecule is CCN(CCO)CC(=O)NC1CC1. The van der Waals surface area contributed by atoms with Crippen LogP contribution in [-0.4, -0.2) is 48.2 Å². The highest BCUT2D eigenvalue weighted by molar-refractivity contribution is 5.78. The Balaban J connectivity index is 2.14. The number of amides is 1. The molecule has 1 aliphatic carbocycles. The number of nitrogens with one attached hydrogen (secondary N) is 1. The van der Waals surface area contributed by atoms with E-state index in [0.717, 1.165) is 19.4 Å². The van der Waals surface area contributed by atoms with Crippen molar-refractivity contribution in [3.63, 3.8) is 0 Å². The van der Waals surface area contributed by atoms with Crippen LogP contribution in [0.5, 0.6) is 0 Å². The molecule has 0 aromatic carbocycles. The van der Waals surface area contributed by atoms with Crippen molar-refractivity contribution in [3.8, 4) is 0 Å². The van der Waals surface area contributed by atoms with Crippen molar-refractivity contribution in [3.05, 3.63) is 0 Å². The summed E-state index contributed by atoms with van der Waals surface area (Å²) < 4.78 is 0. The molecule has 0 heterocycles. The molecular weight excluding hydrogens is 168 g/mol. The number of nitrogens with zero attached hydrogens (tertiary/aromatic N) is 1. The summed E-state index contributed by atoms with van der Waals surface area (Å²) in [5.74, 6) is 0.0813. The molecule has 1 rings (SSSR count). The van der Waals surface area contributed by atoms with E-state index >= 15 is 0 Å². The second-order valence-electron chi connectivity index (χ2n) is 3.43. The maximum absolute atomic E-state index is 11.3. The van der Waals surface area contributed by atoms with Crippen LogP contribution in [0.2, 0.25) is 0 Å². The van der Waals surface area contributed by atoms with Crippen molar-refractivity contribution in [2.24, 2.45) is 0 Å². The Hall–Kier alpha value is -0.610. The third kappa shape index (κ3) is 4.24. The molecule has 0 unspecified atom stereocenters. The lowest BCUT2D eigenvalue weighted by Gasteiger charge is -2.18. The summed E-state index contributed by atoms with van der Waals surface area (Å²) in [6.07, 6.45) is 2.25. The standard InChI is InChI=1S/C9H18N2O2/c1-2-11(5-6-12)7-9(13)10-8-3-4-8/h8,12H,2-7H2,1H3,(H,10,13). The largest absolute Gasteiger partial charge is 0.395 e. The molecule has 1 aliphatic rings. The second kappa shape index (κ2) is 5.19. The maximum atomic E-state index is 11.3. The van der Waals surface area contributed by atoms with Crippen LogP contribution in [0.25, 0.3) is 0 Å². The third-order valence-electron chi connectivity index (χ3n) is 2.17. The number of likely N-dealkylation sites (N-methyl/N-ethyl adjacent to an activating group) is 1. The number of aliphatic hydroxyl groups excluding tert-OH is 1. The molecule has 1 fully saturated rings. The van der Waals surface area contributed by atoms with Crippen LogP contribution in [0, 0.1) is 0 Å². The van der Waals surface area contributed by atoms with Crippen LogP contribution in [0.3, 0.4) is 0 Å². The molecule has 0 spiro atoms. The van der Waals surface area contributed by atoms with E-state index in [-0.39, 0.29) is 12.5 Å². The van der Waals surface area contributed by atoms with Crippen LogP contribution in [-0.2, 0) is 4.79 Å². The molecule has 4 heteroatoms. The molecule has 1 saturated carbocycles. The fourth-order valence-corrected chi connectivity index (χ4v) is 1.19. The summed E-state index contributed by atoms with van der Waals surface area (Å²) >= 11 is 0. The summed E-state index contributed by atoms with van der Waals surface area (Å²) in [5, 5.41) is 11.6. The fraction of sp³-hybridized carbons (Fsp3) is 0.889. The average Bonchev–Trinajstić information content (AvgIpc) is 2.87. The summed E-state index contributed by atoms with van der Waals surface area (Å²) in [6.45, 7) is 3.89. The van der Waals surface area contributed by atoms with E-state index in [2.05, 4.69) is 5.32 Å². The van der Waals surface area contributed by atoms with Gasteiger partial charge in [-0.05, 0) is 19.4 Å². The van der Waals surface area contributed by atoms with Crippen LogP contribution in [0.1, 0.15) is 19.8 Å². The van der Waals surface area contributed by atoms with E-state index in [4.69, 9.17) is 5.11 Å². The van der Waals surface area contributed by atoms with Gasteiger partial charge in [0.2, 0.25) is 5.91 Å². The monoisotopic (exact) mass is 186 g/mol. The summed E-state index contributed by atoms with van der Waals surface area (Å²) in [5.41, 5.74) is 0. The smallest absolute Gasteiger partial charge is 0.234 e. The van der Waals surface area contributed by atoms with E-state index in [1.54, 1.807) is 0 Å². The minimum Gasteiger partial charge on any atom is -0.395 e. The molecule has 0 aromatic heterocycles. The van der Waals surface area contributed by atoms with Gasteiger partial charge in [0.05, 0.1) is 13.2 Å². The van der Waals surface area contributed by atoms with Crippen molar-refractivity contribution < 1.29 is 9.90 Å². The van der Waals surface area contributed by atoms with Gasteiger partial charge in [-0.25, -0.2) is 0 Å². The molecule has 0 bridgehead atoms. The Bertz CT molecular complexity index is 169. The number of hydrogen-bond donors (Lipinski definition) is 2. The number of hydrogen-bond acceptors (Lipinski definition) is 3. The average molecular weight is 186 g/mol. The van der Waals surface area contributed by atoms with Crippen molar-refractivity contribution in [2.45, 2.75) is 25.8 Å². The van der Waals surface area contributed by atoms with Gasteiger partial charge in [-0.1, -0.05) is 6.92 Å². The van der Waals surface area contributed by atoms with Gasteiger partial charge < -0.3 is 10.4 Å². The first-order chi connectivity index (χ1) is 6.26. The van der Waals surface area contributed by atoms with Gasteiger partial charge in [0, 0.05) is 12.6 Å². The van der Waals surface area contributed by atoms with Crippen molar-refractivity contribution in [1.82, 2.24) is 10.2 Å². The Kier molecular flexibility index (Phi) is 4.18. The lowest BCUT2D eigenvalue weighted by atomic mass is 10.4. The Labute approximate surface area is 78.9 Å². The highest BCUT2D eigenvalue weighted by Gasteiger charge is 2.23. The number of carbonyl (C=O) groups is 1. The van der Waals surface area contributed by atoms with Crippen LogP contribution in [0.15, 0.2) is 0 Å². The highest BCUT2D eigenvalue weighted by Crippen LogP contribution is 2.18. The zero-order valence-corrected chi connectivity index (χ0v) is 8.12. The van der Waals surface area contributed by atoms with Gasteiger partial charge >= 0.3 is 0 Å². The molecule has 13 heavy (non-hydrogen) atoms. The minimum atomic E-state index is 0.0813. The molecule has 2 N–H and O–H groups in total. The molecule has 4 nitrogen and oxygen atoms in total. The summed E-state index contributed by atoms with van der Waals surface area (Å²) in [6, 6.07) is 0.431. The van der Waals surface area contributed by atoms with E-state index in [1.807, 2.05) is 11.8 Å². The molecule has 0 aromatic rings. The lowest BCUT2D eigenvalue weighted by molar-refractivity contribution is -0.122. The van der Waals surface area contributed by atoms with Crippen molar-refractivity contribution in [1.29, 1.82) is 0 Å². The van der Waals surface area contributed by atoms with Crippen LogP contribution < -0.4 is 5.32 Å². The second-order valence-corrected chi connectivity index (χ2v) is 3.43. The Morgan fingerprint density at radius 1 is 1.62 bits per heavy atom. The zero-order valence-electron chi connectivity index (χ0n) is 8.12. The quantitative estimate of drug-likeness (QED) is 0.592. The lowest BCUT2D eigenvalue weighted by Crippen LogP contribution is -2.39. The van der Waals surface area contributed by atoms with Crippen LogP contribution >= 0.6 is 0 Å². The molecule has 0 radical (unpaired) electrons. The van der Waals surface area contributed by atoms with E-state index in [9.17, 15) is 4.79 Å². The molecule has 76 valence electrons. The van der Waals surface area contributed by atoms with E-state index < -0.39 is 0 Å². The fourth-order valence-electron chi connectivity index (χ4n) is 1.19. The van der Waals surface area contributed by atoms with E-state index in [1.165, 1.54) is 0 Å². The van der Waals surface area contributed by atoms with Gasteiger partial charge in [-0.15, -0.1) is 0 Å². The molecule has 0 saturated heterocycles. The maximum Gasteiger partial charge on any atom is 0.234 e. The van der Waals surface area contributed by atoms with Crippen molar-refractivity contribution >= 4 is 5.91 Å². The molecule has 0 atom stereocenters. The van der Waals surface area contributed by atoms with E-state index in [0.29, 0.717) is 19.1 Å². The first-order valence-corrected chi connectivity index (χ1v) is 4.88. The Morgan fingerprint density at radius 3 is 2.77 bits per heavy atom. The number of carbonyl (C=O) groups excluding carboxylic acids is 1. The topological polar surface area (TPSA) is 52.6 Å². The van der Waals surface area contributed by atoms with Crippen LogP contribution in [0.4, 0.5) is 0 Å². The van der Waals surface area contributed by atoms with Gasteiger partial charge in [0.15, 0.2) is 0 Å². The summed E-state index contributed by atoms with van der Waals surface area (Å²) in [7, 11) is 0. The molecule has 0 aliphatic heterocycles. The zero-order chi connectivity index (χ0) is 9.68. The molecule has 1 amide bonds. The molecular formula is C9H18N2O2. The van der Waals surface area contributed by atoms with Gasteiger partial charge in [-0.2, -0.15) is 0 Å². The van der Waals surface area contributed by atoms with Gasteiger partial charge in [0.25, 0.3) is 0 Å². The number of rotatable bonds is 6. The Morgan fingerprint density at radius 2 is 2.31 bits per heavy atom.